The molecule has 2 nitrogen and oxygen atoms in total. The summed E-state index contributed by atoms with van der Waals surface area (Å²) in [5.74, 6) is 0. The van der Waals surface area contributed by atoms with E-state index >= 15 is 0 Å². The second-order valence-electron chi connectivity index (χ2n) is 4.35. The van der Waals surface area contributed by atoms with Gasteiger partial charge >= 0.3 is 0 Å². The van der Waals surface area contributed by atoms with Gasteiger partial charge in [0.15, 0.2) is 0 Å². The summed E-state index contributed by atoms with van der Waals surface area (Å²) in [6.07, 6.45) is 9.22. The maximum atomic E-state index is 3.83. The van der Waals surface area contributed by atoms with Crippen molar-refractivity contribution in [2.45, 2.75) is 13.3 Å². The van der Waals surface area contributed by atoms with E-state index in [4.69, 9.17) is 0 Å². The van der Waals surface area contributed by atoms with Gasteiger partial charge in [0.25, 0.3) is 0 Å². The maximum absolute atomic E-state index is 3.83. The summed E-state index contributed by atoms with van der Waals surface area (Å²) in [5.41, 5.74) is 2.44. The molecule has 1 fully saturated rings. The van der Waals surface area contributed by atoms with Gasteiger partial charge in [-0.3, -0.25) is 4.90 Å². The van der Waals surface area contributed by atoms with Crippen molar-refractivity contribution in [3.63, 3.8) is 0 Å². The Bertz CT molecular complexity index is 305. The first-order valence-electron chi connectivity index (χ1n) is 6.33. The highest BCUT2D eigenvalue weighted by atomic mass is 15.1. The molecule has 1 rings (SSSR count). The molecule has 1 N–H and O–H groups in total. The van der Waals surface area contributed by atoms with E-state index in [1.165, 1.54) is 18.5 Å². The smallest absolute Gasteiger partial charge is 0.0169 e. The molecule has 94 valence electrons. The first-order chi connectivity index (χ1) is 8.27. The molecule has 0 saturated carbocycles. The molecule has 0 bridgehead atoms. The molecule has 0 radical (unpaired) electrons. The van der Waals surface area contributed by atoms with Gasteiger partial charge in [-0.2, -0.15) is 0 Å². The van der Waals surface area contributed by atoms with Crippen molar-refractivity contribution in [1.82, 2.24) is 10.2 Å². The van der Waals surface area contributed by atoms with E-state index in [0.29, 0.717) is 0 Å². The zero-order valence-electron chi connectivity index (χ0n) is 10.9. The van der Waals surface area contributed by atoms with Crippen molar-refractivity contribution >= 4 is 0 Å². The highest BCUT2D eigenvalue weighted by Crippen LogP contribution is 2.10. The molecule has 1 heterocycles. The van der Waals surface area contributed by atoms with Crippen LogP contribution in [0.15, 0.2) is 48.6 Å². The van der Waals surface area contributed by atoms with Crippen LogP contribution in [0.3, 0.4) is 0 Å². The lowest BCUT2D eigenvalue weighted by atomic mass is 10.1. The molecule has 0 aromatic heterocycles. The number of nitrogens with one attached hydrogen (secondary N) is 1. The van der Waals surface area contributed by atoms with Crippen LogP contribution in [0.4, 0.5) is 0 Å². The lowest BCUT2D eigenvalue weighted by Crippen LogP contribution is -2.28. The first kappa shape index (κ1) is 13.9. The monoisotopic (exact) mass is 232 g/mol. The fourth-order valence-electron chi connectivity index (χ4n) is 1.96. The van der Waals surface area contributed by atoms with E-state index in [1.807, 2.05) is 18.2 Å². The van der Waals surface area contributed by atoms with E-state index in [9.17, 15) is 0 Å². The lowest BCUT2D eigenvalue weighted by Gasteiger charge is -2.17. The molecule has 0 amide bonds. The molecule has 0 aliphatic carbocycles. The van der Waals surface area contributed by atoms with Crippen molar-refractivity contribution < 1.29 is 0 Å². The number of hydrogen-bond acceptors (Lipinski definition) is 2. The summed E-state index contributed by atoms with van der Waals surface area (Å²) >= 11 is 0. The van der Waals surface area contributed by atoms with Gasteiger partial charge in [0.05, 0.1) is 0 Å². The molecule has 0 unspecified atom stereocenters. The molecule has 0 aromatic rings. The van der Waals surface area contributed by atoms with Crippen molar-refractivity contribution in [2.75, 3.05) is 32.7 Å². The summed E-state index contributed by atoms with van der Waals surface area (Å²) < 4.78 is 0. The summed E-state index contributed by atoms with van der Waals surface area (Å²) in [4.78, 5) is 2.48. The minimum absolute atomic E-state index is 1.02. The van der Waals surface area contributed by atoms with Crippen LogP contribution in [-0.2, 0) is 0 Å². The lowest BCUT2D eigenvalue weighted by molar-refractivity contribution is 0.324. The van der Waals surface area contributed by atoms with Gasteiger partial charge in [-0.1, -0.05) is 37.5 Å². The van der Waals surface area contributed by atoms with Crippen molar-refractivity contribution in [1.29, 1.82) is 0 Å². The Kier molecular flexibility index (Phi) is 6.60. The van der Waals surface area contributed by atoms with Gasteiger partial charge in [0.1, 0.15) is 0 Å². The van der Waals surface area contributed by atoms with Gasteiger partial charge in [-0.05, 0) is 37.6 Å². The minimum Gasteiger partial charge on any atom is -0.315 e. The predicted molar refractivity (Wildman–Crippen MR) is 76.2 cm³/mol. The Balaban J connectivity index is 2.53. The van der Waals surface area contributed by atoms with Crippen LogP contribution in [0, 0.1) is 0 Å². The van der Waals surface area contributed by atoms with E-state index in [1.54, 1.807) is 0 Å². The zero-order chi connectivity index (χ0) is 12.5. The largest absolute Gasteiger partial charge is 0.315 e. The van der Waals surface area contributed by atoms with Crippen LogP contribution < -0.4 is 5.32 Å². The Morgan fingerprint density at radius 2 is 2.12 bits per heavy atom. The van der Waals surface area contributed by atoms with Crippen molar-refractivity contribution in [2.24, 2.45) is 0 Å². The van der Waals surface area contributed by atoms with Crippen LogP contribution in [-0.4, -0.2) is 37.6 Å². The first-order valence-corrected chi connectivity index (χ1v) is 6.33. The molecule has 1 saturated heterocycles. The topological polar surface area (TPSA) is 15.3 Å². The number of allylic oxidation sites excluding steroid dienone is 5. The average molecular weight is 232 g/mol. The second-order valence-corrected chi connectivity index (χ2v) is 4.35. The van der Waals surface area contributed by atoms with Crippen LogP contribution in [0.1, 0.15) is 13.3 Å². The minimum atomic E-state index is 1.02. The molecule has 0 aromatic carbocycles. The fraction of sp³-hybridized carbons (Fsp3) is 0.467. The highest BCUT2D eigenvalue weighted by molar-refractivity contribution is 5.39. The van der Waals surface area contributed by atoms with Crippen LogP contribution in [0.2, 0.25) is 0 Å². The van der Waals surface area contributed by atoms with Crippen molar-refractivity contribution in [3.8, 4) is 0 Å². The number of hydrogen-bond donors (Lipinski definition) is 1. The zero-order valence-corrected chi connectivity index (χ0v) is 10.9. The third kappa shape index (κ3) is 5.16. The second kappa shape index (κ2) is 8.04. The summed E-state index contributed by atoms with van der Waals surface area (Å²) in [7, 11) is 0. The molecule has 1 aliphatic rings. The van der Waals surface area contributed by atoms with Gasteiger partial charge in [0, 0.05) is 19.6 Å². The van der Waals surface area contributed by atoms with E-state index in [-0.39, 0.29) is 0 Å². The van der Waals surface area contributed by atoms with Crippen LogP contribution in [0.25, 0.3) is 0 Å². The third-order valence-electron chi connectivity index (χ3n) is 3.06. The summed E-state index contributed by atoms with van der Waals surface area (Å²) in [5, 5.41) is 3.42. The SMILES string of the molecule is C=C/C=C(C=C)/C(C)=C/CN1CCCNCC1. The maximum Gasteiger partial charge on any atom is 0.0169 e. The summed E-state index contributed by atoms with van der Waals surface area (Å²) in [6.45, 7) is 15.3. The normalized spacial score (nSPS) is 19.8. The van der Waals surface area contributed by atoms with Gasteiger partial charge < -0.3 is 5.32 Å². The van der Waals surface area contributed by atoms with Crippen LogP contribution >= 0.6 is 0 Å². The van der Waals surface area contributed by atoms with E-state index in [0.717, 1.165) is 31.8 Å². The van der Waals surface area contributed by atoms with Gasteiger partial charge in [-0.25, -0.2) is 0 Å². The van der Waals surface area contributed by atoms with Gasteiger partial charge in [-0.15, -0.1) is 0 Å². The van der Waals surface area contributed by atoms with E-state index < -0.39 is 0 Å². The third-order valence-corrected chi connectivity index (χ3v) is 3.06. The fourth-order valence-corrected chi connectivity index (χ4v) is 1.96. The Labute approximate surface area is 105 Å². The highest BCUT2D eigenvalue weighted by Gasteiger charge is 2.06. The quantitative estimate of drug-likeness (QED) is 0.733. The Morgan fingerprint density at radius 3 is 2.82 bits per heavy atom. The van der Waals surface area contributed by atoms with Crippen molar-refractivity contribution in [3.05, 3.63) is 48.6 Å². The number of nitrogens with zero attached hydrogens (tertiary/aromatic N) is 1. The van der Waals surface area contributed by atoms with Gasteiger partial charge in [0.2, 0.25) is 0 Å². The molecular weight excluding hydrogens is 208 g/mol. The molecular formula is C15H24N2. The predicted octanol–water partition coefficient (Wildman–Crippen LogP) is 2.53. The molecule has 17 heavy (non-hydrogen) atoms. The number of rotatable bonds is 5. The average Bonchev–Trinajstić information content (AvgIpc) is 2.61. The molecule has 0 atom stereocenters. The molecule has 0 spiro atoms. The molecule has 2 heteroatoms. The van der Waals surface area contributed by atoms with E-state index in [2.05, 4.69) is 36.4 Å². The Morgan fingerprint density at radius 1 is 1.29 bits per heavy atom. The summed E-state index contributed by atoms with van der Waals surface area (Å²) in [6, 6.07) is 0. The molecule has 1 aliphatic heterocycles. The Hall–Kier alpha value is -1.12. The standard InChI is InChI=1S/C15H24N2/c1-4-7-15(5-2)14(3)8-12-17-11-6-9-16-10-13-17/h4-5,7-8,16H,1-2,6,9-13H2,3H3/b14-8+,15-7+. The van der Waals surface area contributed by atoms with Crippen LogP contribution in [0.5, 0.6) is 0 Å².